The number of nitrogens with zero attached hydrogens (tertiary/aromatic N) is 2. The summed E-state index contributed by atoms with van der Waals surface area (Å²) in [5.41, 5.74) is 2.75. The lowest BCUT2D eigenvalue weighted by Gasteiger charge is -2.17. The molecule has 0 aliphatic rings. The zero-order chi connectivity index (χ0) is 21.6. The van der Waals surface area contributed by atoms with Gasteiger partial charge in [0.1, 0.15) is 12.6 Å². The van der Waals surface area contributed by atoms with Gasteiger partial charge in [-0.1, -0.05) is 48.5 Å². The normalized spacial score (nSPS) is 11.8. The monoisotopic (exact) mass is 417 g/mol. The van der Waals surface area contributed by atoms with Crippen LogP contribution in [0.3, 0.4) is 0 Å². The third-order valence-electron chi connectivity index (χ3n) is 4.89. The van der Waals surface area contributed by atoms with Crippen molar-refractivity contribution in [3.05, 3.63) is 84.2 Å². The molecule has 4 aromatic rings. The van der Waals surface area contributed by atoms with E-state index in [4.69, 9.17) is 4.74 Å². The van der Waals surface area contributed by atoms with Crippen molar-refractivity contribution in [3.8, 4) is 0 Å². The van der Waals surface area contributed by atoms with Gasteiger partial charge in [0.05, 0.1) is 0 Å². The molecular formula is C23H23N5O3. The van der Waals surface area contributed by atoms with Crippen LogP contribution >= 0.6 is 0 Å². The first kappa shape index (κ1) is 20.2. The minimum Gasteiger partial charge on any atom is -0.445 e. The number of aromatic amines is 1. The van der Waals surface area contributed by atoms with Gasteiger partial charge in [0, 0.05) is 42.8 Å². The molecule has 2 aromatic heterocycles. The maximum Gasteiger partial charge on any atom is 0.408 e. The zero-order valence-electron chi connectivity index (χ0n) is 17.0. The van der Waals surface area contributed by atoms with E-state index in [-0.39, 0.29) is 12.5 Å². The van der Waals surface area contributed by atoms with Crippen LogP contribution in [0.4, 0.5) is 10.6 Å². The maximum atomic E-state index is 13.0. The number of alkyl carbamates (subject to hydrolysis) is 1. The molecule has 2 heterocycles. The molecule has 31 heavy (non-hydrogen) atoms. The second-order valence-corrected chi connectivity index (χ2v) is 7.19. The molecule has 0 saturated carbocycles. The van der Waals surface area contributed by atoms with E-state index in [9.17, 15) is 9.59 Å². The number of hydrogen-bond donors (Lipinski definition) is 3. The number of rotatable bonds is 7. The fourth-order valence-corrected chi connectivity index (χ4v) is 3.33. The fourth-order valence-electron chi connectivity index (χ4n) is 3.33. The van der Waals surface area contributed by atoms with Crippen LogP contribution in [-0.2, 0) is 29.6 Å². The summed E-state index contributed by atoms with van der Waals surface area (Å²) in [6, 6.07) is 18.0. The Balaban J connectivity index is 1.48. The highest BCUT2D eigenvalue weighted by molar-refractivity contribution is 5.96. The summed E-state index contributed by atoms with van der Waals surface area (Å²) in [6.07, 6.45) is 3.21. The van der Waals surface area contributed by atoms with Gasteiger partial charge in [-0.15, -0.1) is 0 Å². The number of nitrogens with one attached hydrogen (secondary N) is 3. The number of benzene rings is 2. The average Bonchev–Trinajstić information content (AvgIpc) is 3.38. The molecule has 8 heteroatoms. The van der Waals surface area contributed by atoms with E-state index < -0.39 is 12.1 Å². The SMILES string of the molecule is Cn1ccc(NC(=O)[C@H](Cc2c[nH]c3ccccc23)NC(=O)OCc2ccccc2)n1. The van der Waals surface area contributed by atoms with Crippen molar-refractivity contribution in [1.82, 2.24) is 20.1 Å². The van der Waals surface area contributed by atoms with Gasteiger partial charge in [-0.2, -0.15) is 5.10 Å². The molecule has 0 radical (unpaired) electrons. The predicted octanol–water partition coefficient (Wildman–Crippen LogP) is 3.38. The topological polar surface area (TPSA) is 101 Å². The second kappa shape index (κ2) is 9.17. The number of para-hydroxylation sites is 1. The number of H-pyrrole nitrogens is 1. The van der Waals surface area contributed by atoms with Crippen LogP contribution in [-0.4, -0.2) is 32.8 Å². The summed E-state index contributed by atoms with van der Waals surface area (Å²) in [5, 5.41) is 10.6. The number of amides is 2. The van der Waals surface area contributed by atoms with Gasteiger partial charge in [0.2, 0.25) is 5.91 Å². The largest absolute Gasteiger partial charge is 0.445 e. The van der Waals surface area contributed by atoms with Crippen molar-refractivity contribution >= 4 is 28.7 Å². The molecule has 0 bridgehead atoms. The van der Waals surface area contributed by atoms with Crippen molar-refractivity contribution < 1.29 is 14.3 Å². The van der Waals surface area contributed by atoms with Gasteiger partial charge in [0.25, 0.3) is 0 Å². The van der Waals surface area contributed by atoms with E-state index in [0.29, 0.717) is 12.2 Å². The van der Waals surface area contributed by atoms with Crippen LogP contribution in [0.5, 0.6) is 0 Å². The van der Waals surface area contributed by atoms with Crippen LogP contribution in [0.25, 0.3) is 10.9 Å². The van der Waals surface area contributed by atoms with Crippen molar-refractivity contribution in [2.75, 3.05) is 5.32 Å². The van der Waals surface area contributed by atoms with E-state index in [2.05, 4.69) is 20.7 Å². The summed E-state index contributed by atoms with van der Waals surface area (Å²) >= 11 is 0. The number of carbonyl (C=O) groups is 2. The molecule has 0 aliphatic heterocycles. The van der Waals surface area contributed by atoms with Crippen LogP contribution in [0.1, 0.15) is 11.1 Å². The fraction of sp³-hybridized carbons (Fsp3) is 0.174. The number of aryl methyl sites for hydroxylation is 1. The summed E-state index contributed by atoms with van der Waals surface area (Å²) in [6.45, 7) is 0.119. The number of fused-ring (bicyclic) bond motifs is 1. The van der Waals surface area contributed by atoms with Crippen molar-refractivity contribution in [2.24, 2.45) is 7.05 Å². The molecule has 2 amide bonds. The molecule has 158 valence electrons. The van der Waals surface area contributed by atoms with Gasteiger partial charge in [0.15, 0.2) is 5.82 Å². The van der Waals surface area contributed by atoms with Crippen LogP contribution in [0.15, 0.2) is 73.1 Å². The Hall–Kier alpha value is -4.07. The van der Waals surface area contributed by atoms with E-state index in [1.54, 1.807) is 24.0 Å². The molecule has 0 spiro atoms. The minimum atomic E-state index is -0.843. The Morgan fingerprint density at radius 3 is 2.65 bits per heavy atom. The molecule has 0 saturated heterocycles. The summed E-state index contributed by atoms with van der Waals surface area (Å²) < 4.78 is 6.90. The first-order valence-electron chi connectivity index (χ1n) is 9.91. The number of aromatic nitrogens is 3. The van der Waals surface area contributed by atoms with E-state index in [0.717, 1.165) is 22.0 Å². The highest BCUT2D eigenvalue weighted by Gasteiger charge is 2.24. The molecule has 2 aromatic carbocycles. The Bertz CT molecular complexity index is 1180. The Labute approximate surface area is 179 Å². The van der Waals surface area contributed by atoms with Crippen LogP contribution in [0, 0.1) is 0 Å². The highest BCUT2D eigenvalue weighted by Crippen LogP contribution is 2.19. The van der Waals surface area contributed by atoms with Crippen molar-refractivity contribution in [3.63, 3.8) is 0 Å². The molecule has 4 rings (SSSR count). The number of ether oxygens (including phenoxy) is 1. The summed E-state index contributed by atoms with van der Waals surface area (Å²) in [5.74, 6) is 0.0384. The predicted molar refractivity (Wildman–Crippen MR) is 117 cm³/mol. The van der Waals surface area contributed by atoms with Crippen LogP contribution < -0.4 is 10.6 Å². The third-order valence-corrected chi connectivity index (χ3v) is 4.89. The molecule has 8 nitrogen and oxygen atoms in total. The standard InChI is InChI=1S/C23H23N5O3/c1-28-12-11-21(27-28)26-22(29)20(13-17-14-24-19-10-6-5-9-18(17)19)25-23(30)31-15-16-7-3-2-4-8-16/h2-12,14,20,24H,13,15H2,1H3,(H,25,30)(H,26,27,29)/t20-/m0/s1. The quantitative estimate of drug-likeness (QED) is 0.429. The van der Waals surface area contributed by atoms with Gasteiger partial charge in [-0.25, -0.2) is 4.79 Å². The number of anilines is 1. The van der Waals surface area contributed by atoms with Crippen LogP contribution in [0.2, 0.25) is 0 Å². The molecule has 1 atom stereocenters. The van der Waals surface area contributed by atoms with Gasteiger partial charge < -0.3 is 20.4 Å². The zero-order valence-corrected chi connectivity index (χ0v) is 17.0. The first-order chi connectivity index (χ1) is 15.1. The molecule has 0 aliphatic carbocycles. The van der Waals surface area contributed by atoms with Gasteiger partial charge in [-0.3, -0.25) is 9.48 Å². The summed E-state index contributed by atoms with van der Waals surface area (Å²) in [4.78, 5) is 28.6. The van der Waals surface area contributed by atoms with E-state index in [1.165, 1.54) is 0 Å². The molecule has 0 unspecified atom stereocenters. The van der Waals surface area contributed by atoms with E-state index in [1.807, 2.05) is 60.8 Å². The Morgan fingerprint density at radius 2 is 1.87 bits per heavy atom. The van der Waals surface area contributed by atoms with Crippen molar-refractivity contribution in [2.45, 2.75) is 19.1 Å². The van der Waals surface area contributed by atoms with Gasteiger partial charge >= 0.3 is 6.09 Å². The van der Waals surface area contributed by atoms with E-state index >= 15 is 0 Å². The highest BCUT2D eigenvalue weighted by atomic mass is 16.5. The molecular weight excluding hydrogens is 394 g/mol. The molecule has 0 fully saturated rings. The second-order valence-electron chi connectivity index (χ2n) is 7.19. The number of hydrogen-bond acceptors (Lipinski definition) is 4. The Kier molecular flexibility index (Phi) is 5.98. The maximum absolute atomic E-state index is 13.0. The van der Waals surface area contributed by atoms with Crippen molar-refractivity contribution in [1.29, 1.82) is 0 Å². The smallest absolute Gasteiger partial charge is 0.408 e. The Morgan fingerprint density at radius 1 is 1.10 bits per heavy atom. The number of carbonyl (C=O) groups excluding carboxylic acids is 2. The lowest BCUT2D eigenvalue weighted by atomic mass is 10.0. The lowest BCUT2D eigenvalue weighted by molar-refractivity contribution is -0.118. The average molecular weight is 417 g/mol. The summed E-state index contributed by atoms with van der Waals surface area (Å²) in [7, 11) is 1.76. The molecule has 3 N–H and O–H groups in total. The first-order valence-corrected chi connectivity index (χ1v) is 9.91. The minimum absolute atomic E-state index is 0.119. The lowest BCUT2D eigenvalue weighted by Crippen LogP contribution is -2.45. The van der Waals surface area contributed by atoms with Gasteiger partial charge in [-0.05, 0) is 17.2 Å². The third kappa shape index (κ3) is 5.11.